The summed E-state index contributed by atoms with van der Waals surface area (Å²) in [6.07, 6.45) is 3.75. The van der Waals surface area contributed by atoms with Crippen LogP contribution in [0.3, 0.4) is 0 Å². The fraction of sp³-hybridized carbons (Fsp3) is 0. The molecule has 7 nitrogen and oxygen atoms in total. The van der Waals surface area contributed by atoms with E-state index in [0.717, 1.165) is 12.1 Å². The van der Waals surface area contributed by atoms with Crippen molar-refractivity contribution < 1.29 is 22.9 Å². The highest BCUT2D eigenvalue weighted by Crippen LogP contribution is 2.21. The lowest BCUT2D eigenvalue weighted by molar-refractivity contribution is -0.387. The molecule has 0 aliphatic heterocycles. The molecule has 0 saturated carbocycles. The van der Waals surface area contributed by atoms with Crippen molar-refractivity contribution in [1.82, 2.24) is 0 Å². The SMILES string of the molecule is O=[N+]([O-])c1ccccc1S(=O)(=O)[O-].c1cc[nH+]cc1. The van der Waals surface area contributed by atoms with E-state index in [-0.39, 0.29) is 0 Å². The monoisotopic (exact) mass is 282 g/mol. The molecule has 0 amide bonds. The lowest BCUT2D eigenvalue weighted by Crippen LogP contribution is -2.02. The number of rotatable bonds is 2. The van der Waals surface area contributed by atoms with Crippen LogP contribution in [0.1, 0.15) is 0 Å². The van der Waals surface area contributed by atoms with E-state index in [1.807, 2.05) is 30.6 Å². The highest BCUT2D eigenvalue weighted by molar-refractivity contribution is 7.85. The van der Waals surface area contributed by atoms with E-state index < -0.39 is 25.6 Å². The third-order valence-electron chi connectivity index (χ3n) is 1.94. The molecule has 1 heterocycles. The van der Waals surface area contributed by atoms with Crippen LogP contribution < -0.4 is 4.98 Å². The predicted octanol–water partition coefficient (Wildman–Crippen LogP) is 1.000. The summed E-state index contributed by atoms with van der Waals surface area (Å²) in [5, 5.41) is 10.3. The molecule has 1 aromatic heterocycles. The molecule has 19 heavy (non-hydrogen) atoms. The number of nitrogens with zero attached hydrogens (tertiary/aromatic N) is 1. The minimum Gasteiger partial charge on any atom is -0.744 e. The minimum absolute atomic E-state index is 0.697. The van der Waals surface area contributed by atoms with Crippen LogP contribution >= 0.6 is 0 Å². The Labute approximate surface area is 109 Å². The Hall–Kier alpha value is -2.32. The lowest BCUT2D eigenvalue weighted by atomic mass is 10.3. The number of nitro benzene ring substituents is 1. The van der Waals surface area contributed by atoms with Gasteiger partial charge in [0.15, 0.2) is 12.4 Å². The zero-order chi connectivity index (χ0) is 14.3. The highest BCUT2D eigenvalue weighted by Gasteiger charge is 2.16. The van der Waals surface area contributed by atoms with Gasteiger partial charge in [0.1, 0.15) is 15.0 Å². The number of aromatic nitrogens is 1. The van der Waals surface area contributed by atoms with Crippen molar-refractivity contribution in [1.29, 1.82) is 0 Å². The van der Waals surface area contributed by atoms with Gasteiger partial charge in [-0.2, -0.15) is 0 Å². The second-order valence-electron chi connectivity index (χ2n) is 3.26. The fourth-order valence-electron chi connectivity index (χ4n) is 1.16. The van der Waals surface area contributed by atoms with E-state index in [1.54, 1.807) is 0 Å². The first-order chi connectivity index (χ1) is 8.93. The molecule has 100 valence electrons. The number of hydrogen-bond donors (Lipinski definition) is 0. The van der Waals surface area contributed by atoms with Crippen molar-refractivity contribution in [3.63, 3.8) is 0 Å². The Balaban J connectivity index is 0.000000250. The largest absolute Gasteiger partial charge is 0.744 e. The fourth-order valence-corrected chi connectivity index (χ4v) is 1.81. The molecule has 1 aromatic carbocycles. The smallest absolute Gasteiger partial charge is 0.286 e. The molecule has 0 atom stereocenters. The number of H-pyrrole nitrogens is 1. The first-order valence-corrected chi connectivity index (χ1v) is 6.44. The number of benzene rings is 1. The molecule has 0 saturated heterocycles. The number of hydrogen-bond acceptors (Lipinski definition) is 5. The Kier molecular flexibility index (Phi) is 5.10. The van der Waals surface area contributed by atoms with Crippen LogP contribution in [0.5, 0.6) is 0 Å². The molecule has 0 bridgehead atoms. The van der Waals surface area contributed by atoms with Crippen molar-refractivity contribution in [2.45, 2.75) is 4.90 Å². The average Bonchev–Trinajstić information content (AvgIpc) is 2.40. The summed E-state index contributed by atoms with van der Waals surface area (Å²) in [5.74, 6) is 0. The van der Waals surface area contributed by atoms with Gasteiger partial charge in [-0.25, -0.2) is 13.4 Å². The molecule has 0 radical (unpaired) electrons. The van der Waals surface area contributed by atoms with Gasteiger partial charge in [-0.3, -0.25) is 10.1 Å². The van der Waals surface area contributed by atoms with E-state index in [4.69, 9.17) is 0 Å². The van der Waals surface area contributed by atoms with E-state index in [0.29, 0.717) is 0 Å². The normalized spacial score (nSPS) is 10.2. The first-order valence-electron chi connectivity index (χ1n) is 5.03. The highest BCUT2D eigenvalue weighted by atomic mass is 32.2. The molecule has 1 N–H and O–H groups in total. The Morgan fingerprint density at radius 2 is 1.58 bits per heavy atom. The van der Waals surface area contributed by atoms with E-state index in [1.165, 1.54) is 12.1 Å². The number of aromatic amines is 1. The van der Waals surface area contributed by atoms with Crippen molar-refractivity contribution >= 4 is 15.8 Å². The molecule has 2 aromatic rings. The topological polar surface area (TPSA) is 114 Å². The maximum absolute atomic E-state index is 10.5. The standard InChI is InChI=1S/C6H5NO5S.C5H5N/c8-7(9)5-3-1-2-4-6(5)13(10,11)12;1-2-4-6-5-3-1/h1-4H,(H,10,11,12);1-5H. The van der Waals surface area contributed by atoms with Gasteiger partial charge in [0.25, 0.3) is 5.69 Å². The minimum atomic E-state index is -4.77. The van der Waals surface area contributed by atoms with Gasteiger partial charge >= 0.3 is 0 Å². The quantitative estimate of drug-likeness (QED) is 0.463. The maximum atomic E-state index is 10.5. The Morgan fingerprint density at radius 1 is 1.00 bits per heavy atom. The van der Waals surface area contributed by atoms with Gasteiger partial charge < -0.3 is 4.55 Å². The van der Waals surface area contributed by atoms with Gasteiger partial charge in [-0.05, 0) is 6.07 Å². The molecule has 0 unspecified atom stereocenters. The molecule has 0 aliphatic carbocycles. The molecule has 8 heteroatoms. The zero-order valence-corrected chi connectivity index (χ0v) is 10.4. The molecular weight excluding hydrogens is 272 g/mol. The summed E-state index contributed by atoms with van der Waals surface area (Å²) in [6, 6.07) is 10.3. The van der Waals surface area contributed by atoms with Gasteiger partial charge in [-0.1, -0.05) is 18.2 Å². The Morgan fingerprint density at radius 3 is 1.89 bits per heavy atom. The van der Waals surface area contributed by atoms with Crippen molar-refractivity contribution in [3.05, 3.63) is 65.0 Å². The van der Waals surface area contributed by atoms with Crippen molar-refractivity contribution in [2.24, 2.45) is 0 Å². The second kappa shape index (κ2) is 6.57. The van der Waals surface area contributed by atoms with E-state index in [9.17, 15) is 23.1 Å². The summed E-state index contributed by atoms with van der Waals surface area (Å²) < 4.78 is 31.5. The molecular formula is C11H10N2O5S. The van der Waals surface area contributed by atoms with Crippen molar-refractivity contribution in [3.8, 4) is 0 Å². The second-order valence-corrected chi connectivity index (χ2v) is 4.60. The van der Waals surface area contributed by atoms with E-state index in [2.05, 4.69) is 4.98 Å². The summed E-state index contributed by atoms with van der Waals surface area (Å²) >= 11 is 0. The van der Waals surface area contributed by atoms with Crippen LogP contribution in [0, 0.1) is 10.1 Å². The number of pyridine rings is 1. The zero-order valence-electron chi connectivity index (χ0n) is 9.59. The van der Waals surface area contributed by atoms with Crippen LogP contribution in [-0.4, -0.2) is 17.9 Å². The van der Waals surface area contributed by atoms with Gasteiger partial charge in [0.2, 0.25) is 0 Å². The van der Waals surface area contributed by atoms with Gasteiger partial charge in [-0.15, -0.1) is 0 Å². The summed E-state index contributed by atoms with van der Waals surface area (Å²) in [5.41, 5.74) is -0.697. The number of para-hydroxylation sites is 1. The van der Waals surface area contributed by atoms with Crippen LogP contribution in [0.15, 0.2) is 59.8 Å². The number of nitro groups is 1. The lowest BCUT2D eigenvalue weighted by Gasteiger charge is -2.06. The maximum Gasteiger partial charge on any atom is 0.286 e. The number of nitrogens with one attached hydrogen (secondary N) is 1. The third-order valence-corrected chi connectivity index (χ3v) is 2.82. The average molecular weight is 282 g/mol. The summed E-state index contributed by atoms with van der Waals surface area (Å²) in [4.78, 5) is 11.4. The Bertz CT molecular complexity index is 616. The summed E-state index contributed by atoms with van der Waals surface area (Å²) in [7, 11) is -4.77. The van der Waals surface area contributed by atoms with Gasteiger partial charge in [0, 0.05) is 18.2 Å². The molecule has 0 aliphatic rings. The third kappa shape index (κ3) is 4.82. The van der Waals surface area contributed by atoms with Crippen LogP contribution in [0.2, 0.25) is 0 Å². The van der Waals surface area contributed by atoms with Crippen LogP contribution in [0.4, 0.5) is 5.69 Å². The predicted molar refractivity (Wildman–Crippen MR) is 64.1 cm³/mol. The van der Waals surface area contributed by atoms with Crippen LogP contribution in [-0.2, 0) is 10.1 Å². The van der Waals surface area contributed by atoms with E-state index >= 15 is 0 Å². The summed E-state index contributed by atoms with van der Waals surface area (Å²) in [6.45, 7) is 0. The van der Waals surface area contributed by atoms with Crippen LogP contribution in [0.25, 0.3) is 0 Å². The van der Waals surface area contributed by atoms with Crippen molar-refractivity contribution in [2.75, 3.05) is 0 Å². The molecule has 2 rings (SSSR count). The first kappa shape index (κ1) is 14.7. The van der Waals surface area contributed by atoms with Gasteiger partial charge in [0.05, 0.1) is 4.92 Å². The molecule has 0 spiro atoms. The molecule has 0 fully saturated rings.